The van der Waals surface area contributed by atoms with E-state index in [1.807, 2.05) is 12.1 Å². The maximum atomic E-state index is 6.85. The van der Waals surface area contributed by atoms with Gasteiger partial charge < -0.3 is 10.2 Å². The molecule has 2 heterocycles. The Kier molecular flexibility index (Phi) is 2.84. The summed E-state index contributed by atoms with van der Waals surface area (Å²) < 4.78 is 0. The Hall–Kier alpha value is -1.60. The van der Waals surface area contributed by atoms with Gasteiger partial charge in [-0.1, -0.05) is 6.07 Å². The molecule has 4 heteroatoms. The van der Waals surface area contributed by atoms with Crippen LogP contribution in [0.1, 0.15) is 6.92 Å². The first-order chi connectivity index (χ1) is 7.29. The second-order valence-electron chi connectivity index (χ2n) is 3.79. The normalized spacial score (nSPS) is 21.1. The van der Waals surface area contributed by atoms with Gasteiger partial charge in [-0.15, -0.1) is 0 Å². The van der Waals surface area contributed by atoms with Crippen LogP contribution in [0.4, 0.5) is 11.5 Å². The third-order valence-electron chi connectivity index (χ3n) is 2.55. The van der Waals surface area contributed by atoms with Crippen molar-refractivity contribution >= 4 is 11.5 Å². The minimum atomic E-state index is 0.501. The Bertz CT molecular complexity index is 365. The third-order valence-corrected chi connectivity index (χ3v) is 2.55. The molecule has 0 radical (unpaired) electrons. The minimum Gasteiger partial charge on any atom is -0.354 e. The number of anilines is 1. The smallest absolute Gasteiger partial charge is 0.205 e. The summed E-state index contributed by atoms with van der Waals surface area (Å²) in [6.07, 6.45) is 1.63. The van der Waals surface area contributed by atoms with Gasteiger partial charge in [-0.3, -0.25) is 4.98 Å². The van der Waals surface area contributed by atoms with Gasteiger partial charge in [0.25, 0.3) is 0 Å². The average Bonchev–Trinajstić information content (AvgIpc) is 2.29. The van der Waals surface area contributed by atoms with Crippen molar-refractivity contribution in [1.29, 1.82) is 0 Å². The molecule has 0 aliphatic carbocycles. The van der Waals surface area contributed by atoms with E-state index in [0.29, 0.717) is 11.7 Å². The predicted octanol–water partition coefficient (Wildman–Crippen LogP) is 1.43. The zero-order valence-corrected chi connectivity index (χ0v) is 8.77. The first kappa shape index (κ1) is 9.94. The standard InChI is InChI=1S/C11H14N4/c1-9-8-15(6-5-13-9)11-4-3-10(12-2)7-14-11/h3-4,7,9,13H,5-6,8H2,1H3. The van der Waals surface area contributed by atoms with Gasteiger partial charge in [0.2, 0.25) is 5.69 Å². The summed E-state index contributed by atoms with van der Waals surface area (Å²) in [5.74, 6) is 0.968. The van der Waals surface area contributed by atoms with Gasteiger partial charge >= 0.3 is 0 Å². The van der Waals surface area contributed by atoms with Crippen LogP contribution in [-0.4, -0.2) is 30.7 Å². The summed E-state index contributed by atoms with van der Waals surface area (Å²) in [7, 11) is 0. The van der Waals surface area contributed by atoms with Crippen LogP contribution in [0.15, 0.2) is 18.3 Å². The molecule has 1 aromatic heterocycles. The molecule has 1 aliphatic rings. The molecule has 2 rings (SSSR count). The summed E-state index contributed by atoms with van der Waals surface area (Å²) in [5, 5.41) is 3.39. The Morgan fingerprint density at radius 2 is 2.47 bits per heavy atom. The van der Waals surface area contributed by atoms with Crippen molar-refractivity contribution < 1.29 is 0 Å². The molecule has 0 bridgehead atoms. The van der Waals surface area contributed by atoms with E-state index >= 15 is 0 Å². The second-order valence-corrected chi connectivity index (χ2v) is 3.79. The van der Waals surface area contributed by atoms with Gasteiger partial charge in [0, 0.05) is 31.9 Å². The summed E-state index contributed by atoms with van der Waals surface area (Å²) in [6.45, 7) is 12.0. The summed E-state index contributed by atoms with van der Waals surface area (Å²) in [6, 6.07) is 4.24. The van der Waals surface area contributed by atoms with Gasteiger partial charge in [-0.05, 0) is 13.0 Å². The molecule has 0 amide bonds. The fraction of sp³-hybridized carbons (Fsp3) is 0.455. The molecular formula is C11H14N4. The van der Waals surface area contributed by atoms with E-state index in [0.717, 1.165) is 25.5 Å². The first-order valence-corrected chi connectivity index (χ1v) is 5.11. The van der Waals surface area contributed by atoms with Crippen LogP contribution in [0, 0.1) is 6.57 Å². The van der Waals surface area contributed by atoms with Crippen molar-refractivity contribution in [3.05, 3.63) is 29.7 Å². The molecule has 1 unspecified atom stereocenters. The minimum absolute atomic E-state index is 0.501. The van der Waals surface area contributed by atoms with Crippen molar-refractivity contribution in [2.75, 3.05) is 24.5 Å². The fourth-order valence-electron chi connectivity index (χ4n) is 1.77. The van der Waals surface area contributed by atoms with Crippen molar-refractivity contribution in [2.24, 2.45) is 0 Å². The van der Waals surface area contributed by atoms with Gasteiger partial charge in [-0.25, -0.2) is 4.85 Å². The molecule has 1 aliphatic heterocycles. The molecular weight excluding hydrogens is 188 g/mol. The lowest BCUT2D eigenvalue weighted by Gasteiger charge is -2.32. The van der Waals surface area contributed by atoms with Crippen LogP contribution in [-0.2, 0) is 0 Å². The molecule has 4 nitrogen and oxygen atoms in total. The Morgan fingerprint density at radius 3 is 3.07 bits per heavy atom. The zero-order chi connectivity index (χ0) is 10.7. The number of nitrogens with one attached hydrogen (secondary N) is 1. The van der Waals surface area contributed by atoms with E-state index in [9.17, 15) is 0 Å². The number of hydrogen-bond donors (Lipinski definition) is 1. The number of hydrogen-bond acceptors (Lipinski definition) is 3. The van der Waals surface area contributed by atoms with Crippen LogP contribution in [0.3, 0.4) is 0 Å². The topological polar surface area (TPSA) is 32.5 Å². The maximum absolute atomic E-state index is 6.85. The lowest BCUT2D eigenvalue weighted by molar-refractivity contribution is 0.482. The molecule has 0 spiro atoms. The monoisotopic (exact) mass is 202 g/mol. The third kappa shape index (κ3) is 2.25. The SMILES string of the molecule is [C-]#[N+]c1ccc(N2CCNC(C)C2)nc1. The lowest BCUT2D eigenvalue weighted by atomic mass is 10.2. The van der Waals surface area contributed by atoms with Gasteiger partial charge in [-0.2, -0.15) is 0 Å². The highest BCUT2D eigenvalue weighted by atomic mass is 15.2. The molecule has 1 fully saturated rings. The summed E-state index contributed by atoms with van der Waals surface area (Å²) >= 11 is 0. The van der Waals surface area contributed by atoms with Crippen molar-refractivity contribution in [2.45, 2.75) is 13.0 Å². The highest BCUT2D eigenvalue weighted by molar-refractivity contribution is 5.49. The van der Waals surface area contributed by atoms with E-state index in [4.69, 9.17) is 6.57 Å². The number of nitrogens with zero attached hydrogens (tertiary/aromatic N) is 3. The lowest BCUT2D eigenvalue weighted by Crippen LogP contribution is -2.49. The van der Waals surface area contributed by atoms with E-state index < -0.39 is 0 Å². The molecule has 1 saturated heterocycles. The molecule has 78 valence electrons. The quantitative estimate of drug-likeness (QED) is 0.699. The van der Waals surface area contributed by atoms with Crippen LogP contribution in [0.5, 0.6) is 0 Å². The zero-order valence-electron chi connectivity index (χ0n) is 8.77. The van der Waals surface area contributed by atoms with Crippen LogP contribution < -0.4 is 10.2 Å². The van der Waals surface area contributed by atoms with E-state index in [1.54, 1.807) is 6.20 Å². The molecule has 15 heavy (non-hydrogen) atoms. The summed E-state index contributed by atoms with van der Waals surface area (Å²) in [4.78, 5) is 9.87. The number of aromatic nitrogens is 1. The maximum Gasteiger partial charge on any atom is 0.205 e. The average molecular weight is 202 g/mol. The Balaban J connectivity index is 2.12. The Labute approximate surface area is 89.7 Å². The Morgan fingerprint density at radius 1 is 1.60 bits per heavy atom. The van der Waals surface area contributed by atoms with Crippen molar-refractivity contribution in [1.82, 2.24) is 10.3 Å². The van der Waals surface area contributed by atoms with E-state index in [2.05, 4.69) is 27.0 Å². The number of pyridine rings is 1. The number of rotatable bonds is 1. The largest absolute Gasteiger partial charge is 0.354 e. The molecule has 1 aromatic rings. The molecule has 1 N–H and O–H groups in total. The molecule has 1 atom stereocenters. The molecule has 0 saturated carbocycles. The first-order valence-electron chi connectivity index (χ1n) is 5.11. The van der Waals surface area contributed by atoms with Gasteiger partial charge in [0.1, 0.15) is 5.82 Å². The van der Waals surface area contributed by atoms with Crippen LogP contribution in [0.25, 0.3) is 4.85 Å². The van der Waals surface area contributed by atoms with Crippen LogP contribution >= 0.6 is 0 Å². The fourth-order valence-corrected chi connectivity index (χ4v) is 1.77. The van der Waals surface area contributed by atoms with E-state index in [1.165, 1.54) is 0 Å². The van der Waals surface area contributed by atoms with Crippen molar-refractivity contribution in [3.8, 4) is 0 Å². The number of piperazine rings is 1. The highest BCUT2D eigenvalue weighted by Crippen LogP contribution is 2.17. The van der Waals surface area contributed by atoms with Crippen LogP contribution in [0.2, 0.25) is 0 Å². The second kappa shape index (κ2) is 4.28. The highest BCUT2D eigenvalue weighted by Gasteiger charge is 2.16. The van der Waals surface area contributed by atoms with Crippen molar-refractivity contribution in [3.63, 3.8) is 0 Å². The predicted molar refractivity (Wildman–Crippen MR) is 60.2 cm³/mol. The van der Waals surface area contributed by atoms with Gasteiger partial charge in [0.15, 0.2) is 0 Å². The summed E-state index contributed by atoms with van der Waals surface area (Å²) in [5.41, 5.74) is 0.599. The van der Waals surface area contributed by atoms with Gasteiger partial charge in [0.05, 0.1) is 6.57 Å². The molecule has 0 aromatic carbocycles. The van der Waals surface area contributed by atoms with E-state index in [-0.39, 0.29) is 0 Å².